The van der Waals surface area contributed by atoms with E-state index in [1.165, 1.54) is 24.1 Å². The Bertz CT molecular complexity index is 472. The Balaban J connectivity index is 2.46. The topological polar surface area (TPSA) is 15.3 Å². The number of hydrogen-bond acceptors (Lipinski definition) is 3. The molecule has 0 aliphatic heterocycles. The van der Waals surface area contributed by atoms with E-state index in [1.54, 1.807) is 0 Å². The summed E-state index contributed by atoms with van der Waals surface area (Å²) in [6, 6.07) is 0. The van der Waals surface area contributed by atoms with E-state index >= 15 is 0 Å². The SMILES string of the molecule is C/C=C(\C=C/NCC)/C=C/C1C=CC(N(C)CCCCS)=CC1. The van der Waals surface area contributed by atoms with Crippen molar-refractivity contribution in [2.45, 2.75) is 33.1 Å². The van der Waals surface area contributed by atoms with Crippen LogP contribution in [0.2, 0.25) is 0 Å². The number of nitrogens with one attached hydrogen (secondary N) is 1. The monoisotopic (exact) mass is 332 g/mol. The highest BCUT2D eigenvalue weighted by atomic mass is 32.1. The van der Waals surface area contributed by atoms with Crippen LogP contribution in [0.5, 0.6) is 0 Å². The molecule has 1 aliphatic rings. The summed E-state index contributed by atoms with van der Waals surface area (Å²) in [5.74, 6) is 1.47. The molecule has 1 aliphatic carbocycles. The largest absolute Gasteiger partial charge is 0.391 e. The minimum atomic E-state index is 0.493. The van der Waals surface area contributed by atoms with E-state index in [-0.39, 0.29) is 0 Å². The van der Waals surface area contributed by atoms with Gasteiger partial charge in [0.05, 0.1) is 0 Å². The van der Waals surface area contributed by atoms with Crippen molar-refractivity contribution in [1.82, 2.24) is 10.2 Å². The van der Waals surface area contributed by atoms with Crippen molar-refractivity contribution in [3.8, 4) is 0 Å². The lowest BCUT2D eigenvalue weighted by Gasteiger charge is -2.23. The Kier molecular flexibility index (Phi) is 10.4. The molecule has 1 N–H and O–H groups in total. The molecular weight excluding hydrogens is 300 g/mol. The normalized spacial score (nSPS) is 18.7. The van der Waals surface area contributed by atoms with E-state index < -0.39 is 0 Å². The summed E-state index contributed by atoms with van der Waals surface area (Å²) >= 11 is 4.27. The van der Waals surface area contributed by atoms with Gasteiger partial charge in [-0.2, -0.15) is 12.6 Å². The fourth-order valence-electron chi connectivity index (χ4n) is 2.40. The molecule has 3 heteroatoms. The summed E-state index contributed by atoms with van der Waals surface area (Å²) in [7, 11) is 2.17. The van der Waals surface area contributed by atoms with Crippen LogP contribution >= 0.6 is 12.6 Å². The molecule has 2 nitrogen and oxygen atoms in total. The Labute approximate surface area is 148 Å². The number of unbranched alkanes of at least 4 members (excludes halogenated alkanes) is 1. The van der Waals surface area contributed by atoms with Crippen LogP contribution in [-0.4, -0.2) is 30.8 Å². The third-order valence-electron chi connectivity index (χ3n) is 3.92. The van der Waals surface area contributed by atoms with Gasteiger partial charge in [0.25, 0.3) is 0 Å². The van der Waals surface area contributed by atoms with Crippen LogP contribution in [0.1, 0.15) is 33.1 Å². The summed E-state index contributed by atoms with van der Waals surface area (Å²) in [4.78, 5) is 2.34. The van der Waals surface area contributed by atoms with E-state index in [4.69, 9.17) is 0 Å². The van der Waals surface area contributed by atoms with Crippen molar-refractivity contribution in [1.29, 1.82) is 0 Å². The smallest absolute Gasteiger partial charge is 0.0320 e. The molecule has 128 valence electrons. The zero-order valence-electron chi connectivity index (χ0n) is 14.8. The molecule has 0 heterocycles. The molecule has 0 spiro atoms. The van der Waals surface area contributed by atoms with Crippen molar-refractivity contribution < 1.29 is 0 Å². The second kappa shape index (κ2) is 12.1. The van der Waals surface area contributed by atoms with Gasteiger partial charge in [0.15, 0.2) is 0 Å². The van der Waals surface area contributed by atoms with Crippen LogP contribution in [0.25, 0.3) is 0 Å². The van der Waals surface area contributed by atoms with Gasteiger partial charge in [0.1, 0.15) is 0 Å². The van der Waals surface area contributed by atoms with Crippen LogP contribution in [0, 0.1) is 5.92 Å². The van der Waals surface area contributed by atoms with Gasteiger partial charge in [-0.05, 0) is 68.7 Å². The average molecular weight is 333 g/mol. The standard InChI is InChI=1S/C20H32N2S/c1-4-18(14-15-21-5-2)8-9-19-10-12-20(13-11-19)22(3)16-6-7-17-23/h4,8-10,12-15,19,21,23H,5-7,11,16-17H2,1-3H3/b9-8+,15-14-,18-4-. The highest BCUT2D eigenvalue weighted by Gasteiger charge is 2.08. The summed E-state index contributed by atoms with van der Waals surface area (Å²) in [5, 5.41) is 3.20. The van der Waals surface area contributed by atoms with Gasteiger partial charge in [0, 0.05) is 25.8 Å². The van der Waals surface area contributed by atoms with Crippen molar-refractivity contribution in [2.24, 2.45) is 5.92 Å². The maximum absolute atomic E-state index is 4.27. The minimum absolute atomic E-state index is 0.493. The second-order valence-corrected chi connectivity index (χ2v) is 6.23. The van der Waals surface area contributed by atoms with E-state index in [0.717, 1.165) is 25.3 Å². The Morgan fingerprint density at radius 2 is 2.22 bits per heavy atom. The molecule has 0 saturated heterocycles. The molecule has 0 radical (unpaired) electrons. The molecule has 0 fully saturated rings. The second-order valence-electron chi connectivity index (χ2n) is 5.78. The van der Waals surface area contributed by atoms with E-state index in [2.05, 4.69) is 86.3 Å². The summed E-state index contributed by atoms with van der Waals surface area (Å²) < 4.78 is 0. The minimum Gasteiger partial charge on any atom is -0.391 e. The molecule has 0 bridgehead atoms. The Hall–Kier alpha value is -1.35. The van der Waals surface area contributed by atoms with Crippen LogP contribution in [0.4, 0.5) is 0 Å². The maximum Gasteiger partial charge on any atom is 0.0320 e. The van der Waals surface area contributed by atoms with Gasteiger partial charge in [0.2, 0.25) is 0 Å². The predicted octanol–water partition coefficient (Wildman–Crippen LogP) is 4.71. The van der Waals surface area contributed by atoms with Gasteiger partial charge in [-0.3, -0.25) is 0 Å². The van der Waals surface area contributed by atoms with E-state index in [1.807, 2.05) is 6.20 Å². The summed E-state index contributed by atoms with van der Waals surface area (Å²) in [6.07, 6.45) is 21.1. The van der Waals surface area contributed by atoms with Crippen LogP contribution in [-0.2, 0) is 0 Å². The predicted molar refractivity (Wildman–Crippen MR) is 107 cm³/mol. The molecule has 0 amide bonds. The molecule has 0 saturated carbocycles. The molecular formula is C20H32N2S. The molecule has 1 atom stereocenters. The van der Waals surface area contributed by atoms with Crippen molar-refractivity contribution in [2.75, 3.05) is 25.9 Å². The van der Waals surface area contributed by atoms with Gasteiger partial charge < -0.3 is 10.2 Å². The van der Waals surface area contributed by atoms with Crippen molar-refractivity contribution in [3.63, 3.8) is 0 Å². The lowest BCUT2D eigenvalue weighted by molar-refractivity contribution is 0.414. The first-order valence-electron chi connectivity index (χ1n) is 8.66. The maximum atomic E-state index is 4.27. The lowest BCUT2D eigenvalue weighted by atomic mass is 9.97. The Morgan fingerprint density at radius 3 is 2.83 bits per heavy atom. The number of hydrogen-bond donors (Lipinski definition) is 2. The number of rotatable bonds is 10. The van der Waals surface area contributed by atoms with Gasteiger partial charge in [-0.15, -0.1) is 0 Å². The number of allylic oxidation sites excluding steroid dienone is 8. The fourth-order valence-corrected chi connectivity index (χ4v) is 2.62. The fraction of sp³-hybridized carbons (Fsp3) is 0.500. The van der Waals surface area contributed by atoms with Gasteiger partial charge in [-0.1, -0.05) is 30.4 Å². The van der Waals surface area contributed by atoms with Crippen LogP contribution in [0.3, 0.4) is 0 Å². The van der Waals surface area contributed by atoms with E-state index in [0.29, 0.717) is 5.92 Å². The highest BCUT2D eigenvalue weighted by molar-refractivity contribution is 7.80. The number of likely N-dealkylation sites (N-methyl/N-ethyl adjacent to an activating group) is 1. The molecule has 0 aromatic rings. The first-order valence-corrected chi connectivity index (χ1v) is 9.29. The zero-order valence-corrected chi connectivity index (χ0v) is 15.7. The van der Waals surface area contributed by atoms with Gasteiger partial charge >= 0.3 is 0 Å². The third-order valence-corrected chi connectivity index (χ3v) is 4.24. The first kappa shape index (κ1) is 19.7. The Morgan fingerprint density at radius 1 is 1.39 bits per heavy atom. The third kappa shape index (κ3) is 8.17. The highest BCUT2D eigenvalue weighted by Crippen LogP contribution is 2.20. The van der Waals surface area contributed by atoms with Crippen molar-refractivity contribution in [3.05, 3.63) is 60.0 Å². The first-order chi connectivity index (χ1) is 11.2. The lowest BCUT2D eigenvalue weighted by Crippen LogP contribution is -2.19. The molecule has 1 unspecified atom stereocenters. The number of nitrogens with zero attached hydrogens (tertiary/aromatic N) is 1. The summed E-state index contributed by atoms with van der Waals surface area (Å²) in [6.45, 7) is 6.24. The molecule has 0 aromatic carbocycles. The molecule has 23 heavy (non-hydrogen) atoms. The average Bonchev–Trinajstić information content (AvgIpc) is 2.58. The quantitative estimate of drug-likeness (QED) is 0.342. The number of thiol groups is 1. The van der Waals surface area contributed by atoms with Crippen LogP contribution in [0.15, 0.2) is 60.0 Å². The van der Waals surface area contributed by atoms with E-state index in [9.17, 15) is 0 Å². The molecule has 0 aromatic heterocycles. The zero-order chi connectivity index (χ0) is 16.9. The van der Waals surface area contributed by atoms with Crippen molar-refractivity contribution >= 4 is 12.6 Å². The van der Waals surface area contributed by atoms with Gasteiger partial charge in [-0.25, -0.2) is 0 Å². The van der Waals surface area contributed by atoms with Crippen LogP contribution < -0.4 is 5.32 Å². The molecule has 1 rings (SSSR count). The summed E-state index contributed by atoms with van der Waals surface area (Å²) in [5.41, 5.74) is 2.57.